The molecule has 0 bridgehead atoms. The Morgan fingerprint density at radius 3 is 2.06 bits per heavy atom. The minimum atomic E-state index is -0.216. The molecule has 2 aromatic heterocycles. The summed E-state index contributed by atoms with van der Waals surface area (Å²) in [4.78, 5) is 32.0. The van der Waals surface area contributed by atoms with Gasteiger partial charge in [-0.15, -0.1) is 0 Å². The molecule has 0 saturated heterocycles. The van der Waals surface area contributed by atoms with Gasteiger partial charge in [-0.3, -0.25) is 4.79 Å². The van der Waals surface area contributed by atoms with Crippen molar-refractivity contribution in [1.82, 2.24) is 19.9 Å². The maximum atomic E-state index is 14.0. The van der Waals surface area contributed by atoms with Gasteiger partial charge in [0.15, 0.2) is 23.0 Å². The highest BCUT2D eigenvalue weighted by atomic mass is 16.5. The normalized spacial score (nSPS) is 11.3. The predicted molar refractivity (Wildman–Crippen MR) is 197 cm³/mol. The van der Waals surface area contributed by atoms with Crippen LogP contribution in [0.2, 0.25) is 0 Å². The quantitative estimate of drug-likeness (QED) is 0.133. The minimum absolute atomic E-state index is 0.216. The second kappa shape index (κ2) is 13.4. The fourth-order valence-electron chi connectivity index (χ4n) is 6.63. The number of aromatic nitrogens is 4. The Hall–Kier alpha value is -6.61. The molecule has 51 heavy (non-hydrogen) atoms. The van der Waals surface area contributed by atoms with Gasteiger partial charge in [0.1, 0.15) is 25.0 Å². The molecule has 250 valence electrons. The lowest BCUT2D eigenvalue weighted by Crippen LogP contribution is -2.07. The molecule has 0 aliphatic rings. The Labute approximate surface area is 293 Å². The number of nitrogens with zero attached hydrogens (tertiary/aromatic N) is 4. The Balaban J connectivity index is 1.09. The van der Waals surface area contributed by atoms with E-state index in [1.54, 1.807) is 39.8 Å². The second-order valence-corrected chi connectivity index (χ2v) is 12.1. The average molecular weight is 673 g/mol. The molecule has 9 heteroatoms. The standard InChI is InChI=1S/C42H32N4O5/c1-48-37-19-33-36(21-38(37)49-2)45-24-46-41(33)42(47)31-13-7-11-27-16-25(14-15-30(27)31)22-51-40-18-32-34(43-23-44-35(32)20-39(40)50-3)17-28-10-6-9-26-8-4-5-12-29(26)28/h4-16,18-21,23-24H,17,22H2,1-3H3. The van der Waals surface area contributed by atoms with Gasteiger partial charge < -0.3 is 18.9 Å². The van der Waals surface area contributed by atoms with Crippen molar-refractivity contribution in [1.29, 1.82) is 0 Å². The van der Waals surface area contributed by atoms with Crippen molar-refractivity contribution in [2.24, 2.45) is 0 Å². The van der Waals surface area contributed by atoms with Gasteiger partial charge in [-0.1, -0.05) is 72.8 Å². The van der Waals surface area contributed by atoms with E-state index in [1.165, 1.54) is 22.7 Å². The van der Waals surface area contributed by atoms with Crippen molar-refractivity contribution in [3.05, 3.63) is 144 Å². The Morgan fingerprint density at radius 1 is 0.569 bits per heavy atom. The Bertz CT molecular complexity index is 2620. The number of ketones is 1. The number of benzene rings is 6. The van der Waals surface area contributed by atoms with Crippen molar-refractivity contribution < 1.29 is 23.7 Å². The summed E-state index contributed by atoms with van der Waals surface area (Å²) in [5, 5.41) is 5.57. The first-order valence-corrected chi connectivity index (χ1v) is 16.4. The van der Waals surface area contributed by atoms with Crippen LogP contribution in [0.3, 0.4) is 0 Å². The van der Waals surface area contributed by atoms with Gasteiger partial charge in [0.2, 0.25) is 5.78 Å². The molecule has 0 atom stereocenters. The second-order valence-electron chi connectivity index (χ2n) is 12.1. The smallest absolute Gasteiger partial charge is 0.212 e. The first kappa shape index (κ1) is 31.6. The molecule has 8 aromatic rings. The van der Waals surface area contributed by atoms with Crippen molar-refractivity contribution in [3.63, 3.8) is 0 Å². The summed E-state index contributed by atoms with van der Waals surface area (Å²) in [6.45, 7) is 0.278. The predicted octanol–water partition coefficient (Wildman–Crippen LogP) is 8.31. The molecule has 0 aliphatic carbocycles. The zero-order valence-electron chi connectivity index (χ0n) is 28.2. The van der Waals surface area contributed by atoms with Crippen LogP contribution < -0.4 is 18.9 Å². The lowest BCUT2D eigenvalue weighted by molar-refractivity contribution is 0.103. The highest BCUT2D eigenvalue weighted by Crippen LogP contribution is 2.36. The van der Waals surface area contributed by atoms with Crippen LogP contribution in [0.1, 0.15) is 32.9 Å². The largest absolute Gasteiger partial charge is 0.493 e. The third-order valence-corrected chi connectivity index (χ3v) is 9.18. The minimum Gasteiger partial charge on any atom is -0.493 e. The Kier molecular flexibility index (Phi) is 8.29. The summed E-state index contributed by atoms with van der Waals surface area (Å²) in [5.74, 6) is 1.97. The molecule has 2 heterocycles. The summed E-state index contributed by atoms with van der Waals surface area (Å²) in [7, 11) is 4.73. The highest BCUT2D eigenvalue weighted by molar-refractivity contribution is 6.20. The van der Waals surface area contributed by atoms with Gasteiger partial charge in [-0.25, -0.2) is 19.9 Å². The highest BCUT2D eigenvalue weighted by Gasteiger charge is 2.20. The first-order chi connectivity index (χ1) is 25.0. The zero-order chi connectivity index (χ0) is 34.9. The average Bonchev–Trinajstić information content (AvgIpc) is 3.18. The number of methoxy groups -OCH3 is 3. The van der Waals surface area contributed by atoms with Gasteiger partial charge in [-0.2, -0.15) is 0 Å². The van der Waals surface area contributed by atoms with Crippen LogP contribution in [0.5, 0.6) is 23.0 Å². The fourth-order valence-corrected chi connectivity index (χ4v) is 6.63. The number of carbonyl (C=O) groups is 1. The molecule has 9 nitrogen and oxygen atoms in total. The number of rotatable bonds is 10. The molecule has 8 rings (SSSR count). The van der Waals surface area contributed by atoms with Crippen LogP contribution >= 0.6 is 0 Å². The molecule has 0 N–H and O–H groups in total. The monoisotopic (exact) mass is 672 g/mol. The van der Waals surface area contributed by atoms with Gasteiger partial charge in [-0.05, 0) is 50.9 Å². The van der Waals surface area contributed by atoms with E-state index in [9.17, 15) is 4.79 Å². The number of hydrogen-bond donors (Lipinski definition) is 0. The van der Waals surface area contributed by atoms with E-state index in [1.807, 2.05) is 54.6 Å². The van der Waals surface area contributed by atoms with Crippen LogP contribution in [0.25, 0.3) is 43.4 Å². The van der Waals surface area contributed by atoms with E-state index in [0.717, 1.165) is 32.9 Å². The topological polar surface area (TPSA) is 106 Å². The van der Waals surface area contributed by atoms with E-state index in [2.05, 4.69) is 56.3 Å². The van der Waals surface area contributed by atoms with Crippen LogP contribution in [0.4, 0.5) is 0 Å². The lowest BCUT2D eigenvalue weighted by Gasteiger charge is -2.14. The summed E-state index contributed by atoms with van der Waals surface area (Å²) in [5.41, 5.74) is 5.20. The van der Waals surface area contributed by atoms with Gasteiger partial charge in [0.25, 0.3) is 0 Å². The summed E-state index contributed by atoms with van der Waals surface area (Å²) in [6, 6.07) is 33.6. The van der Waals surface area contributed by atoms with Crippen LogP contribution in [-0.4, -0.2) is 47.0 Å². The SMILES string of the molecule is COc1cc2ncnc(C(=O)c3cccc4cc(COc5cc6c(Cc7cccc8ccccc78)ncnc6cc5OC)ccc34)c2cc1OC. The van der Waals surface area contributed by atoms with Crippen LogP contribution in [-0.2, 0) is 13.0 Å². The van der Waals surface area contributed by atoms with Crippen molar-refractivity contribution >= 4 is 49.1 Å². The zero-order valence-corrected chi connectivity index (χ0v) is 28.2. The van der Waals surface area contributed by atoms with Gasteiger partial charge >= 0.3 is 0 Å². The summed E-state index contributed by atoms with van der Waals surface area (Å²) >= 11 is 0. The van der Waals surface area contributed by atoms with E-state index < -0.39 is 0 Å². The molecule has 0 saturated carbocycles. The van der Waals surface area contributed by atoms with E-state index in [-0.39, 0.29) is 18.1 Å². The van der Waals surface area contributed by atoms with Gasteiger partial charge in [0, 0.05) is 34.9 Å². The lowest BCUT2D eigenvalue weighted by atomic mass is 9.97. The van der Waals surface area contributed by atoms with Gasteiger partial charge in [0.05, 0.1) is 38.1 Å². The molecule has 6 aromatic carbocycles. The third-order valence-electron chi connectivity index (χ3n) is 9.18. The molecule has 0 amide bonds. The number of hydrogen-bond acceptors (Lipinski definition) is 9. The molecule has 0 spiro atoms. The van der Waals surface area contributed by atoms with Crippen LogP contribution in [0, 0.1) is 0 Å². The Morgan fingerprint density at radius 2 is 1.24 bits per heavy atom. The van der Waals surface area contributed by atoms with Crippen molar-refractivity contribution in [3.8, 4) is 23.0 Å². The van der Waals surface area contributed by atoms with E-state index in [4.69, 9.17) is 18.9 Å². The summed E-state index contributed by atoms with van der Waals surface area (Å²) < 4.78 is 23.0. The van der Waals surface area contributed by atoms with Crippen molar-refractivity contribution in [2.75, 3.05) is 21.3 Å². The first-order valence-electron chi connectivity index (χ1n) is 16.4. The van der Waals surface area contributed by atoms with E-state index >= 15 is 0 Å². The molecule has 0 unspecified atom stereocenters. The molecular weight excluding hydrogens is 640 g/mol. The van der Waals surface area contributed by atoms with E-state index in [0.29, 0.717) is 45.9 Å². The maximum Gasteiger partial charge on any atom is 0.212 e. The van der Waals surface area contributed by atoms with Crippen molar-refractivity contribution in [2.45, 2.75) is 13.0 Å². The number of fused-ring (bicyclic) bond motifs is 4. The number of ether oxygens (including phenoxy) is 4. The maximum absolute atomic E-state index is 14.0. The summed E-state index contributed by atoms with van der Waals surface area (Å²) in [6.07, 6.45) is 3.63. The molecule has 0 radical (unpaired) electrons. The molecule has 0 aliphatic heterocycles. The number of carbonyl (C=O) groups excluding carboxylic acids is 1. The molecule has 0 fully saturated rings. The molecular formula is C42H32N4O5. The van der Waals surface area contributed by atoms with Crippen LogP contribution in [0.15, 0.2) is 116 Å². The fraction of sp³-hybridized carbons (Fsp3) is 0.119. The third kappa shape index (κ3) is 5.88.